The molecular formula is C31H37F4N3O9S. The number of aliphatic carboxylic acids is 1. The van der Waals surface area contributed by atoms with Crippen molar-refractivity contribution in [1.82, 2.24) is 10.2 Å². The number of amides is 2. The first-order valence-corrected chi connectivity index (χ1v) is 16.6. The molecule has 2 aromatic carbocycles. The summed E-state index contributed by atoms with van der Waals surface area (Å²) in [6.07, 6.45) is 0.551. The van der Waals surface area contributed by atoms with Crippen LogP contribution in [-0.4, -0.2) is 85.4 Å². The Hall–Kier alpha value is -3.96. The number of hydrogen-bond donors (Lipinski definition) is 4. The molecule has 2 aliphatic rings. The number of carbonyl (C=O) groups is 3. The van der Waals surface area contributed by atoms with Gasteiger partial charge in [0.15, 0.2) is 17.3 Å². The number of carboxylic acid groups (broad SMARTS) is 1. The summed E-state index contributed by atoms with van der Waals surface area (Å²) >= 11 is 0. The van der Waals surface area contributed by atoms with Gasteiger partial charge in [-0.15, -0.1) is 0 Å². The van der Waals surface area contributed by atoms with Gasteiger partial charge in [-0.25, -0.2) is 12.8 Å². The number of carbonyl (C=O) groups excluding carboxylic acids is 2. The number of piperidine rings is 1. The molecule has 4 N–H and O–H groups in total. The van der Waals surface area contributed by atoms with Crippen LogP contribution in [0.3, 0.4) is 0 Å². The third-order valence-electron chi connectivity index (χ3n) is 8.98. The maximum atomic E-state index is 15.0. The Labute approximate surface area is 274 Å². The highest BCUT2D eigenvalue weighted by Crippen LogP contribution is 2.39. The molecule has 12 nitrogen and oxygen atoms in total. The van der Waals surface area contributed by atoms with Crippen molar-refractivity contribution < 1.29 is 60.0 Å². The smallest absolute Gasteiger partial charge is 0.496 e. The van der Waals surface area contributed by atoms with E-state index in [-0.39, 0.29) is 42.3 Å². The molecule has 1 unspecified atom stereocenters. The summed E-state index contributed by atoms with van der Waals surface area (Å²) in [5, 5.41) is 26.0. The molecule has 2 amide bonds. The molecule has 1 saturated carbocycles. The van der Waals surface area contributed by atoms with E-state index < -0.39 is 67.0 Å². The first-order valence-electron chi connectivity index (χ1n) is 15.1. The molecule has 0 radical (unpaired) electrons. The molecule has 1 heterocycles. The first-order chi connectivity index (χ1) is 22.3. The molecule has 1 saturated heterocycles. The number of ether oxygens (including phenoxy) is 2. The average Bonchev–Trinajstić information content (AvgIpc) is 3.02. The Bertz CT molecular complexity index is 1660. The number of sulfone groups is 1. The van der Waals surface area contributed by atoms with Crippen LogP contribution < -0.4 is 20.1 Å². The Morgan fingerprint density at radius 2 is 1.75 bits per heavy atom. The van der Waals surface area contributed by atoms with Crippen LogP contribution in [0.25, 0.3) is 0 Å². The quantitative estimate of drug-likeness (QED) is 0.210. The van der Waals surface area contributed by atoms with E-state index in [4.69, 9.17) is 9.47 Å². The summed E-state index contributed by atoms with van der Waals surface area (Å²) in [6, 6.07) is 5.55. The molecule has 0 bridgehead atoms. The van der Waals surface area contributed by atoms with Gasteiger partial charge in [0.2, 0.25) is 5.91 Å². The zero-order chi connectivity index (χ0) is 35.7. The lowest BCUT2D eigenvalue weighted by molar-refractivity contribution is -0.150. The topological polar surface area (TPSA) is 172 Å². The fraction of sp³-hybridized carbons (Fsp3) is 0.516. The summed E-state index contributed by atoms with van der Waals surface area (Å²) < 4.78 is 89.2. The molecule has 0 aromatic heterocycles. The van der Waals surface area contributed by atoms with E-state index in [9.17, 15) is 46.2 Å². The Kier molecular flexibility index (Phi) is 10.7. The number of nitrogens with zero attached hydrogens (tertiary/aromatic N) is 1. The summed E-state index contributed by atoms with van der Waals surface area (Å²) in [5.74, 6) is -5.57. The Morgan fingerprint density at radius 3 is 2.33 bits per heavy atom. The van der Waals surface area contributed by atoms with Gasteiger partial charge in [0.1, 0.15) is 5.75 Å². The highest BCUT2D eigenvalue weighted by molar-refractivity contribution is 7.92. The minimum atomic E-state index is -5.71. The second-order valence-electron chi connectivity index (χ2n) is 12.2. The highest BCUT2D eigenvalue weighted by Gasteiger charge is 2.48. The fourth-order valence-electron chi connectivity index (χ4n) is 5.82. The van der Waals surface area contributed by atoms with Crippen molar-refractivity contribution in [2.75, 3.05) is 32.1 Å². The number of methoxy groups -OCH3 is 1. The molecule has 2 fully saturated rings. The van der Waals surface area contributed by atoms with E-state index in [1.54, 1.807) is 18.7 Å². The van der Waals surface area contributed by atoms with Gasteiger partial charge in [0.25, 0.3) is 15.7 Å². The number of benzene rings is 2. The zero-order valence-electron chi connectivity index (χ0n) is 26.4. The first kappa shape index (κ1) is 36.9. The predicted molar refractivity (Wildman–Crippen MR) is 163 cm³/mol. The number of aliphatic hydroxyl groups is 1. The summed E-state index contributed by atoms with van der Waals surface area (Å²) in [7, 11) is -4.52. The van der Waals surface area contributed by atoms with E-state index >= 15 is 4.39 Å². The normalized spacial score (nSPS) is 25.2. The van der Waals surface area contributed by atoms with Crippen LogP contribution in [0.15, 0.2) is 41.3 Å². The third kappa shape index (κ3) is 7.68. The van der Waals surface area contributed by atoms with Crippen LogP contribution in [-0.2, 0) is 19.4 Å². The number of nitrogens with one attached hydrogen (secondary N) is 2. The van der Waals surface area contributed by atoms with Gasteiger partial charge in [-0.05, 0) is 63.4 Å². The van der Waals surface area contributed by atoms with Crippen LogP contribution in [0.5, 0.6) is 11.5 Å². The van der Waals surface area contributed by atoms with E-state index in [1.807, 2.05) is 0 Å². The Balaban J connectivity index is 1.57. The van der Waals surface area contributed by atoms with E-state index in [2.05, 4.69) is 10.6 Å². The molecule has 1 aliphatic heterocycles. The molecule has 264 valence electrons. The lowest BCUT2D eigenvalue weighted by atomic mass is 9.75. The fourth-order valence-corrected chi connectivity index (χ4v) is 6.63. The maximum Gasteiger partial charge on any atom is 0.501 e. The van der Waals surface area contributed by atoms with Gasteiger partial charge in [-0.2, -0.15) is 13.2 Å². The molecule has 0 spiro atoms. The molecule has 1 aliphatic carbocycles. The standard InChI is InChI=1S/C31H37F4N3O9S/c1-4-38-13-12-30(43,22(17-38)27(40)36-18-6-5-7-20(14-18)48(44,45)31(33,34)35)37-26(39)21-15-25(23(32)16-24(21)46-3)47-19-8-10-29(2,11-9-19)28(41)42/h5-7,14-16,19,22,43H,4,8-13,17H2,1-3H3,(H,36,40)(H,37,39)(H,41,42)/t19?,22?,29?,30-/m0/s1. The minimum Gasteiger partial charge on any atom is -0.496 e. The van der Waals surface area contributed by atoms with Crippen LogP contribution in [0.2, 0.25) is 0 Å². The minimum absolute atomic E-state index is 0.0918. The zero-order valence-corrected chi connectivity index (χ0v) is 27.2. The van der Waals surface area contributed by atoms with Crippen LogP contribution >= 0.6 is 0 Å². The lowest BCUT2D eigenvalue weighted by Gasteiger charge is -2.43. The van der Waals surface area contributed by atoms with E-state index in [1.165, 1.54) is 13.2 Å². The molecule has 17 heteroatoms. The Morgan fingerprint density at radius 1 is 1.08 bits per heavy atom. The van der Waals surface area contributed by atoms with Gasteiger partial charge in [0.05, 0.1) is 35.0 Å². The number of halogens is 4. The second kappa shape index (κ2) is 13.9. The van der Waals surface area contributed by atoms with Crippen molar-refractivity contribution in [3.8, 4) is 11.5 Å². The molecule has 48 heavy (non-hydrogen) atoms. The van der Waals surface area contributed by atoms with Gasteiger partial charge in [-0.1, -0.05) is 13.0 Å². The number of hydrogen-bond acceptors (Lipinski definition) is 9. The number of rotatable bonds is 10. The van der Waals surface area contributed by atoms with Gasteiger partial charge >= 0.3 is 11.5 Å². The van der Waals surface area contributed by atoms with Crippen molar-refractivity contribution in [1.29, 1.82) is 0 Å². The van der Waals surface area contributed by atoms with Crippen molar-refractivity contribution in [2.45, 2.75) is 68.2 Å². The van der Waals surface area contributed by atoms with Gasteiger partial charge in [-0.3, -0.25) is 14.4 Å². The van der Waals surface area contributed by atoms with Crippen molar-refractivity contribution >= 4 is 33.3 Å². The largest absolute Gasteiger partial charge is 0.501 e. The molecule has 2 atom stereocenters. The second-order valence-corrected chi connectivity index (χ2v) is 14.1. The number of carboxylic acids is 1. The predicted octanol–water partition coefficient (Wildman–Crippen LogP) is 3.94. The molecule has 4 rings (SSSR count). The average molecular weight is 704 g/mol. The van der Waals surface area contributed by atoms with Crippen molar-refractivity contribution in [3.63, 3.8) is 0 Å². The van der Waals surface area contributed by atoms with Crippen molar-refractivity contribution in [3.05, 3.63) is 47.8 Å². The lowest BCUT2D eigenvalue weighted by Crippen LogP contribution is -2.64. The summed E-state index contributed by atoms with van der Waals surface area (Å²) in [4.78, 5) is 39.4. The third-order valence-corrected chi connectivity index (χ3v) is 10.5. The van der Waals surface area contributed by atoms with Crippen LogP contribution in [0.4, 0.5) is 23.2 Å². The SMILES string of the molecule is CCN1CC[C@@](O)(NC(=O)c2cc(OC3CCC(C)(C(=O)O)CC3)c(F)cc2OC)C(C(=O)Nc2cccc(S(=O)(=O)C(F)(F)F)c2)C1. The summed E-state index contributed by atoms with van der Waals surface area (Å²) in [6.45, 7) is 4.02. The van der Waals surface area contributed by atoms with Crippen LogP contribution in [0, 0.1) is 17.2 Å². The van der Waals surface area contributed by atoms with E-state index in [0.717, 1.165) is 24.3 Å². The monoisotopic (exact) mass is 703 g/mol. The van der Waals surface area contributed by atoms with Gasteiger partial charge in [0, 0.05) is 31.3 Å². The van der Waals surface area contributed by atoms with Crippen molar-refractivity contribution in [2.24, 2.45) is 11.3 Å². The molecular weight excluding hydrogens is 666 g/mol. The highest BCUT2D eigenvalue weighted by atomic mass is 32.2. The maximum absolute atomic E-state index is 15.0. The summed E-state index contributed by atoms with van der Waals surface area (Å²) in [5.41, 5.74) is -9.25. The molecule has 2 aromatic rings. The number of alkyl halides is 3. The van der Waals surface area contributed by atoms with Gasteiger partial charge < -0.3 is 35.2 Å². The van der Waals surface area contributed by atoms with Crippen LogP contribution in [0.1, 0.15) is 56.3 Å². The number of anilines is 1. The van der Waals surface area contributed by atoms with E-state index in [0.29, 0.717) is 38.3 Å². The number of likely N-dealkylation sites (tertiary alicyclic amines) is 1.